The number of rotatable bonds is 7. The van der Waals surface area contributed by atoms with Crippen LogP contribution in [0.3, 0.4) is 0 Å². The van der Waals surface area contributed by atoms with Gasteiger partial charge >= 0.3 is 0 Å². The molecular weight excluding hydrogens is 527 g/mol. The van der Waals surface area contributed by atoms with Crippen LogP contribution in [0, 0.1) is 11.8 Å². The number of ether oxygens (including phenoxy) is 1. The summed E-state index contributed by atoms with van der Waals surface area (Å²) < 4.78 is 14.1. The van der Waals surface area contributed by atoms with Crippen LogP contribution in [-0.4, -0.2) is 48.9 Å². The average molecular weight is 567 g/mol. The molecule has 5 atom stereocenters. The number of fused-ring (bicyclic) bond motifs is 4. The molecule has 0 aliphatic carbocycles. The van der Waals surface area contributed by atoms with Gasteiger partial charge < -0.3 is 9.16 Å². The second kappa shape index (κ2) is 9.51. The summed E-state index contributed by atoms with van der Waals surface area (Å²) in [5.41, 5.74) is 2.30. The van der Waals surface area contributed by atoms with Gasteiger partial charge in [0.2, 0.25) is 0 Å². The van der Waals surface area contributed by atoms with E-state index in [0.717, 1.165) is 23.1 Å². The summed E-state index contributed by atoms with van der Waals surface area (Å²) in [5.74, 6) is 2.55. The Morgan fingerprint density at radius 3 is 2.66 bits per heavy atom. The number of alkyl halides is 1. The highest BCUT2D eigenvalue weighted by atomic mass is 127. The van der Waals surface area contributed by atoms with Crippen LogP contribution < -0.4 is 4.74 Å². The van der Waals surface area contributed by atoms with Crippen LogP contribution >= 0.6 is 22.6 Å². The first-order chi connectivity index (χ1) is 15.1. The third kappa shape index (κ3) is 4.75. The Hall–Kier alpha value is -0.703. The smallest absolute Gasteiger partial charge is 0.192 e. The minimum Gasteiger partial charge on any atom is -0.497 e. The first kappa shape index (κ1) is 24.4. The quantitative estimate of drug-likeness (QED) is 0.209. The van der Waals surface area contributed by atoms with Crippen LogP contribution in [0.15, 0.2) is 30.5 Å². The fourth-order valence-corrected chi connectivity index (χ4v) is 7.40. The zero-order chi connectivity index (χ0) is 23.1. The normalized spacial score (nSPS) is 27.0. The van der Waals surface area contributed by atoms with Gasteiger partial charge in [0.15, 0.2) is 8.32 Å². The molecule has 3 saturated heterocycles. The molecule has 4 nitrogen and oxygen atoms in total. The van der Waals surface area contributed by atoms with Crippen molar-refractivity contribution in [1.29, 1.82) is 0 Å². The molecule has 0 radical (unpaired) electrons. The lowest BCUT2D eigenvalue weighted by atomic mass is 9.72. The summed E-state index contributed by atoms with van der Waals surface area (Å²) in [4.78, 5) is 7.41. The summed E-state index contributed by atoms with van der Waals surface area (Å²) >= 11 is 2.55. The van der Waals surface area contributed by atoms with Crippen molar-refractivity contribution >= 4 is 41.8 Å². The molecule has 2 bridgehead atoms. The third-order valence-corrected chi connectivity index (χ3v) is 13.4. The van der Waals surface area contributed by atoms with Gasteiger partial charge in [0.1, 0.15) is 5.75 Å². The van der Waals surface area contributed by atoms with E-state index in [0.29, 0.717) is 6.04 Å². The number of piperidine rings is 3. The third-order valence-electron chi connectivity index (χ3n) is 8.28. The molecule has 3 aliphatic heterocycles. The maximum atomic E-state index is 7.28. The number of halogens is 1. The molecule has 0 N–H and O–H groups in total. The van der Waals surface area contributed by atoms with E-state index in [9.17, 15) is 0 Å². The van der Waals surface area contributed by atoms with Gasteiger partial charge in [-0.2, -0.15) is 0 Å². The van der Waals surface area contributed by atoms with Gasteiger partial charge in [-0.25, -0.2) is 0 Å². The maximum absolute atomic E-state index is 7.28. The molecular formula is C26H39IN2O2Si. The van der Waals surface area contributed by atoms with E-state index >= 15 is 0 Å². The Kier molecular flexibility index (Phi) is 7.26. The van der Waals surface area contributed by atoms with E-state index in [1.165, 1.54) is 47.7 Å². The van der Waals surface area contributed by atoms with E-state index in [4.69, 9.17) is 9.16 Å². The zero-order valence-corrected chi connectivity index (χ0v) is 23.7. The number of aromatic nitrogens is 1. The standard InChI is InChI=1S/C26H39IN2O2Si/c1-26(2,3)32(5,6)31-25(24-15-18-11-14-29(24)17-19(18)9-12-27)21-10-13-28-23-8-7-20(30-4)16-22(21)23/h7-8,10,13,16,18-19,24-25H,9,11-12,14-15,17H2,1-6H3/t18-,19-,24-,25+/m0/s1. The van der Waals surface area contributed by atoms with Crippen molar-refractivity contribution in [2.75, 3.05) is 24.6 Å². The lowest BCUT2D eigenvalue weighted by Crippen LogP contribution is -2.57. The molecule has 0 amide bonds. The van der Waals surface area contributed by atoms with E-state index in [1.54, 1.807) is 7.11 Å². The molecule has 1 aromatic heterocycles. The number of hydrogen-bond donors (Lipinski definition) is 0. The van der Waals surface area contributed by atoms with Crippen LogP contribution in [0.25, 0.3) is 10.9 Å². The number of methoxy groups -OCH3 is 1. The molecule has 1 unspecified atom stereocenters. The molecule has 1 aromatic carbocycles. The van der Waals surface area contributed by atoms with Crippen LogP contribution in [0.5, 0.6) is 5.75 Å². The van der Waals surface area contributed by atoms with Gasteiger partial charge in [0, 0.05) is 24.2 Å². The minimum atomic E-state index is -1.98. The first-order valence-electron chi connectivity index (χ1n) is 12.0. The number of nitrogens with zero attached hydrogens (tertiary/aromatic N) is 2. The molecule has 2 aromatic rings. The molecule has 32 heavy (non-hydrogen) atoms. The number of hydrogen-bond acceptors (Lipinski definition) is 4. The van der Waals surface area contributed by atoms with Gasteiger partial charge in [0.05, 0.1) is 18.7 Å². The van der Waals surface area contributed by atoms with Crippen LogP contribution in [-0.2, 0) is 4.43 Å². The molecule has 176 valence electrons. The summed E-state index contributed by atoms with van der Waals surface area (Å²) in [6.07, 6.45) is 5.96. The van der Waals surface area contributed by atoms with Crippen molar-refractivity contribution in [2.24, 2.45) is 11.8 Å². The SMILES string of the molecule is COc1ccc2nccc([C@@H](O[Si](C)(C)C(C)(C)C)[C@@H]3C[C@@H]4CCN3C[C@@H]4CCI)c2c1. The van der Waals surface area contributed by atoms with Gasteiger partial charge in [-0.1, -0.05) is 43.4 Å². The van der Waals surface area contributed by atoms with Crippen molar-refractivity contribution < 1.29 is 9.16 Å². The van der Waals surface area contributed by atoms with Gasteiger partial charge in [-0.3, -0.25) is 9.88 Å². The largest absolute Gasteiger partial charge is 0.497 e. The monoisotopic (exact) mass is 566 g/mol. The second-order valence-corrected chi connectivity index (χ2v) is 17.0. The number of pyridine rings is 1. The Bertz CT molecular complexity index is 945. The molecule has 5 rings (SSSR count). The van der Waals surface area contributed by atoms with Gasteiger partial charge in [-0.05, 0) is 90.0 Å². The zero-order valence-electron chi connectivity index (χ0n) is 20.5. The second-order valence-electron chi connectivity index (χ2n) is 11.2. The van der Waals surface area contributed by atoms with E-state index in [-0.39, 0.29) is 11.1 Å². The van der Waals surface area contributed by atoms with Crippen molar-refractivity contribution in [1.82, 2.24) is 9.88 Å². The van der Waals surface area contributed by atoms with E-state index in [2.05, 4.69) is 84.5 Å². The van der Waals surface area contributed by atoms with Gasteiger partial charge in [-0.15, -0.1) is 0 Å². The van der Waals surface area contributed by atoms with E-state index < -0.39 is 8.32 Å². The minimum absolute atomic E-state index is 0.0665. The highest BCUT2D eigenvalue weighted by Gasteiger charge is 2.47. The summed E-state index contributed by atoms with van der Waals surface area (Å²) in [6.45, 7) is 14.2. The molecule has 4 heterocycles. The van der Waals surface area contributed by atoms with Crippen LogP contribution in [0.2, 0.25) is 18.1 Å². The van der Waals surface area contributed by atoms with Crippen molar-refractivity contribution in [3.8, 4) is 5.75 Å². The summed E-state index contributed by atoms with van der Waals surface area (Å²) in [5, 5.41) is 1.33. The molecule has 0 saturated carbocycles. The van der Waals surface area contributed by atoms with E-state index in [1.807, 2.05) is 12.3 Å². The molecule has 3 fully saturated rings. The first-order valence-corrected chi connectivity index (χ1v) is 16.5. The predicted octanol–water partition coefficient (Wildman–Crippen LogP) is 6.84. The maximum Gasteiger partial charge on any atom is 0.192 e. The topological polar surface area (TPSA) is 34.6 Å². The Morgan fingerprint density at radius 1 is 1.25 bits per heavy atom. The summed E-state index contributed by atoms with van der Waals surface area (Å²) in [6, 6.07) is 8.86. The van der Waals surface area contributed by atoms with Crippen molar-refractivity contribution in [3.05, 3.63) is 36.0 Å². The number of benzene rings is 1. The predicted molar refractivity (Wildman–Crippen MR) is 144 cm³/mol. The molecule has 6 heteroatoms. The Labute approximate surface area is 208 Å². The van der Waals surface area contributed by atoms with Crippen LogP contribution in [0.4, 0.5) is 0 Å². The van der Waals surface area contributed by atoms with Crippen LogP contribution in [0.1, 0.15) is 51.7 Å². The average Bonchev–Trinajstić information content (AvgIpc) is 2.77. The Balaban J connectivity index is 1.77. The lowest BCUT2D eigenvalue weighted by molar-refractivity contribution is -0.0515. The Morgan fingerprint density at radius 2 is 2.03 bits per heavy atom. The lowest BCUT2D eigenvalue weighted by Gasteiger charge is -2.53. The van der Waals surface area contributed by atoms with Gasteiger partial charge in [0.25, 0.3) is 0 Å². The fraction of sp³-hybridized carbons (Fsp3) is 0.654. The molecule has 3 aliphatic rings. The fourth-order valence-electron chi connectivity index (χ4n) is 5.33. The molecule has 0 spiro atoms. The highest BCUT2D eigenvalue weighted by molar-refractivity contribution is 14.1. The highest BCUT2D eigenvalue weighted by Crippen LogP contribution is 2.47. The van der Waals surface area contributed by atoms with Crippen molar-refractivity contribution in [3.63, 3.8) is 0 Å². The van der Waals surface area contributed by atoms with Crippen molar-refractivity contribution in [2.45, 2.75) is 70.3 Å². The summed E-state index contributed by atoms with van der Waals surface area (Å²) in [7, 11) is -0.247.